The predicted molar refractivity (Wildman–Crippen MR) is 140 cm³/mol. The zero-order chi connectivity index (χ0) is 24.2. The molecule has 6 nitrogen and oxygen atoms in total. The van der Waals surface area contributed by atoms with E-state index in [9.17, 15) is 4.79 Å². The van der Waals surface area contributed by atoms with Gasteiger partial charge in [0.2, 0.25) is 0 Å². The quantitative estimate of drug-likeness (QED) is 0.227. The Bertz CT molecular complexity index is 1480. The molecule has 0 aliphatic carbocycles. The zero-order valence-electron chi connectivity index (χ0n) is 18.7. The van der Waals surface area contributed by atoms with Crippen LogP contribution in [0.15, 0.2) is 79.1 Å². The summed E-state index contributed by atoms with van der Waals surface area (Å²) in [5, 5.41) is 3.89. The van der Waals surface area contributed by atoms with Crippen molar-refractivity contribution < 1.29 is 14.3 Å². The van der Waals surface area contributed by atoms with Crippen LogP contribution in [0.4, 0.5) is 11.5 Å². The first-order valence-electron chi connectivity index (χ1n) is 10.8. The van der Waals surface area contributed by atoms with E-state index in [4.69, 9.17) is 21.1 Å². The van der Waals surface area contributed by atoms with Crippen molar-refractivity contribution in [3.05, 3.63) is 95.3 Å². The topological polar surface area (TPSA) is 73.3 Å². The highest BCUT2D eigenvalue weighted by molar-refractivity contribution is 7.22. The Labute approximate surface area is 211 Å². The molecule has 2 aromatic heterocycles. The lowest BCUT2D eigenvalue weighted by atomic mass is 10.1. The Morgan fingerprint density at radius 1 is 1.00 bits per heavy atom. The summed E-state index contributed by atoms with van der Waals surface area (Å²) in [6, 6.07) is 22.7. The first-order chi connectivity index (χ1) is 17.1. The van der Waals surface area contributed by atoms with Gasteiger partial charge in [-0.2, -0.15) is 0 Å². The fourth-order valence-electron chi connectivity index (χ4n) is 3.52. The summed E-state index contributed by atoms with van der Waals surface area (Å²) in [6.45, 7) is 0.377. The van der Waals surface area contributed by atoms with Gasteiger partial charge in [0.1, 0.15) is 30.7 Å². The number of carbonyl (C=O) groups excluding carboxylic acids is 1. The number of fused-ring (bicyclic) bond motifs is 1. The highest BCUT2D eigenvalue weighted by Crippen LogP contribution is 2.37. The largest absolute Gasteiger partial charge is 0.497 e. The summed E-state index contributed by atoms with van der Waals surface area (Å²) in [5.41, 5.74) is 4.30. The number of aromatic nitrogens is 2. The number of benzene rings is 3. The molecular formula is C27H20ClN3O3S. The first-order valence-corrected chi connectivity index (χ1v) is 11.9. The number of nitrogens with one attached hydrogen (secondary N) is 1. The highest BCUT2D eigenvalue weighted by atomic mass is 35.5. The minimum atomic E-state index is 0.377. The van der Waals surface area contributed by atoms with Crippen LogP contribution in [0.3, 0.4) is 0 Å². The summed E-state index contributed by atoms with van der Waals surface area (Å²) in [4.78, 5) is 20.9. The number of methoxy groups -OCH3 is 1. The molecule has 5 rings (SSSR count). The van der Waals surface area contributed by atoms with E-state index >= 15 is 0 Å². The Hall–Kier alpha value is -3.94. The standard InChI is InChI=1S/C27H20ClN3O3S/c1-33-21-9-4-18(5-10-21)15-34-24-12-20(8-11-22(24)28)31-27-26-23(29-16-30-27)13-25(35-26)19-6-2-17(14-32)3-7-19/h2-14,16H,15H2,1H3,(H,29,30,31). The van der Waals surface area contributed by atoms with Gasteiger partial charge in [-0.1, -0.05) is 48.0 Å². The van der Waals surface area contributed by atoms with Crippen molar-refractivity contribution in [2.24, 2.45) is 0 Å². The van der Waals surface area contributed by atoms with Crippen LogP contribution in [0.1, 0.15) is 15.9 Å². The maximum atomic E-state index is 10.9. The van der Waals surface area contributed by atoms with Crippen molar-refractivity contribution in [2.75, 3.05) is 12.4 Å². The van der Waals surface area contributed by atoms with Crippen molar-refractivity contribution >= 4 is 50.9 Å². The van der Waals surface area contributed by atoms with Crippen LogP contribution in [-0.2, 0) is 6.61 Å². The number of carbonyl (C=O) groups is 1. The lowest BCUT2D eigenvalue weighted by Crippen LogP contribution is -1.98. The Kier molecular flexibility index (Phi) is 6.61. The molecule has 0 fully saturated rings. The lowest BCUT2D eigenvalue weighted by molar-refractivity contribution is 0.112. The third-order valence-corrected chi connectivity index (χ3v) is 6.88. The van der Waals surface area contributed by atoms with Gasteiger partial charge in [-0.15, -0.1) is 11.3 Å². The van der Waals surface area contributed by atoms with E-state index in [0.29, 0.717) is 28.8 Å². The maximum absolute atomic E-state index is 10.9. The molecule has 0 aliphatic rings. The van der Waals surface area contributed by atoms with Crippen LogP contribution in [0.25, 0.3) is 20.7 Å². The van der Waals surface area contributed by atoms with Gasteiger partial charge in [0.25, 0.3) is 0 Å². The number of rotatable bonds is 8. The van der Waals surface area contributed by atoms with Crippen LogP contribution in [0.5, 0.6) is 11.5 Å². The normalized spacial score (nSPS) is 10.8. The summed E-state index contributed by atoms with van der Waals surface area (Å²) in [6.07, 6.45) is 2.37. The second kappa shape index (κ2) is 10.1. The fourth-order valence-corrected chi connectivity index (χ4v) is 4.76. The van der Waals surface area contributed by atoms with Crippen LogP contribution < -0.4 is 14.8 Å². The molecule has 2 heterocycles. The summed E-state index contributed by atoms with van der Waals surface area (Å²) in [7, 11) is 1.64. The number of thiophene rings is 1. The molecule has 0 bridgehead atoms. The van der Waals surface area contributed by atoms with Crippen LogP contribution in [-0.4, -0.2) is 23.4 Å². The van der Waals surface area contributed by atoms with Gasteiger partial charge < -0.3 is 14.8 Å². The minimum Gasteiger partial charge on any atom is -0.497 e. The van der Waals surface area contributed by atoms with E-state index in [2.05, 4.69) is 15.3 Å². The molecular weight excluding hydrogens is 482 g/mol. The van der Waals surface area contributed by atoms with Gasteiger partial charge in [-0.25, -0.2) is 9.97 Å². The molecule has 0 saturated heterocycles. The monoisotopic (exact) mass is 501 g/mol. The lowest BCUT2D eigenvalue weighted by Gasteiger charge is -2.12. The second-order valence-corrected chi connectivity index (χ2v) is 9.15. The van der Waals surface area contributed by atoms with Gasteiger partial charge >= 0.3 is 0 Å². The van der Waals surface area contributed by atoms with E-state index in [1.807, 2.05) is 54.6 Å². The molecule has 3 aromatic carbocycles. The zero-order valence-corrected chi connectivity index (χ0v) is 20.3. The van der Waals surface area contributed by atoms with Crippen LogP contribution in [0.2, 0.25) is 5.02 Å². The van der Waals surface area contributed by atoms with Crippen molar-refractivity contribution in [2.45, 2.75) is 6.61 Å². The second-order valence-electron chi connectivity index (χ2n) is 7.69. The fraction of sp³-hybridized carbons (Fsp3) is 0.0741. The number of nitrogens with zero attached hydrogens (tertiary/aromatic N) is 2. The molecule has 0 unspecified atom stereocenters. The first kappa shape index (κ1) is 22.8. The SMILES string of the molecule is COc1ccc(COc2cc(Nc3ncnc4cc(-c5ccc(C=O)cc5)sc34)ccc2Cl)cc1. The molecule has 35 heavy (non-hydrogen) atoms. The van der Waals surface area contributed by atoms with Gasteiger partial charge in [-0.05, 0) is 41.5 Å². The predicted octanol–water partition coefficient (Wildman–Crippen LogP) is 7.16. The number of aldehydes is 1. The van der Waals surface area contributed by atoms with Gasteiger partial charge in [0.05, 0.1) is 22.3 Å². The molecule has 0 radical (unpaired) electrons. The maximum Gasteiger partial charge on any atom is 0.151 e. The summed E-state index contributed by atoms with van der Waals surface area (Å²) >= 11 is 7.97. The average molecular weight is 502 g/mol. The molecule has 5 aromatic rings. The van der Waals surface area contributed by atoms with Crippen molar-refractivity contribution in [1.29, 1.82) is 0 Å². The molecule has 0 aliphatic heterocycles. The Morgan fingerprint density at radius 3 is 2.54 bits per heavy atom. The van der Waals surface area contributed by atoms with E-state index in [1.165, 1.54) is 6.33 Å². The average Bonchev–Trinajstić information content (AvgIpc) is 3.35. The Balaban J connectivity index is 1.37. The van der Waals surface area contributed by atoms with E-state index in [-0.39, 0.29) is 0 Å². The van der Waals surface area contributed by atoms with Crippen molar-refractivity contribution in [1.82, 2.24) is 9.97 Å². The number of hydrogen-bond acceptors (Lipinski definition) is 7. The number of anilines is 2. The Morgan fingerprint density at radius 2 is 1.80 bits per heavy atom. The molecule has 0 amide bonds. The van der Waals surface area contributed by atoms with Crippen LogP contribution >= 0.6 is 22.9 Å². The van der Waals surface area contributed by atoms with Crippen molar-refractivity contribution in [3.63, 3.8) is 0 Å². The minimum absolute atomic E-state index is 0.377. The highest BCUT2D eigenvalue weighted by Gasteiger charge is 2.12. The molecule has 8 heteroatoms. The third-order valence-electron chi connectivity index (χ3n) is 5.39. The molecule has 174 valence electrons. The number of hydrogen-bond donors (Lipinski definition) is 1. The van der Waals surface area contributed by atoms with E-state index < -0.39 is 0 Å². The van der Waals surface area contributed by atoms with Gasteiger partial charge in [0.15, 0.2) is 5.82 Å². The van der Waals surface area contributed by atoms with E-state index in [1.54, 1.807) is 36.6 Å². The summed E-state index contributed by atoms with van der Waals surface area (Å²) in [5.74, 6) is 2.06. The van der Waals surface area contributed by atoms with Crippen molar-refractivity contribution in [3.8, 4) is 21.9 Å². The molecule has 1 N–H and O–H groups in total. The molecule has 0 spiro atoms. The molecule has 0 atom stereocenters. The third kappa shape index (κ3) is 5.11. The number of halogens is 1. The molecule has 0 saturated carbocycles. The van der Waals surface area contributed by atoms with Gasteiger partial charge in [-0.3, -0.25) is 4.79 Å². The number of ether oxygens (including phenoxy) is 2. The van der Waals surface area contributed by atoms with Gasteiger partial charge in [0, 0.05) is 22.2 Å². The van der Waals surface area contributed by atoms with E-state index in [0.717, 1.165) is 43.9 Å². The smallest absolute Gasteiger partial charge is 0.151 e. The van der Waals surface area contributed by atoms with Crippen LogP contribution in [0, 0.1) is 0 Å². The summed E-state index contributed by atoms with van der Waals surface area (Å²) < 4.78 is 12.1.